The number of alkyl halides is 3. The van der Waals surface area contributed by atoms with E-state index in [1.54, 1.807) is 0 Å². The van der Waals surface area contributed by atoms with Crippen molar-refractivity contribution in [1.29, 1.82) is 0 Å². The van der Waals surface area contributed by atoms with E-state index in [4.69, 9.17) is 11.6 Å². The van der Waals surface area contributed by atoms with Crippen molar-refractivity contribution in [3.63, 3.8) is 0 Å². The molecule has 0 fully saturated rings. The lowest BCUT2D eigenvalue weighted by molar-refractivity contribution is -0.141. The zero-order valence-electron chi connectivity index (χ0n) is 8.95. The highest BCUT2D eigenvalue weighted by Crippen LogP contribution is 2.31. The van der Waals surface area contributed by atoms with E-state index in [0.717, 1.165) is 19.1 Å². The van der Waals surface area contributed by atoms with Crippen molar-refractivity contribution in [1.82, 2.24) is 4.98 Å². The summed E-state index contributed by atoms with van der Waals surface area (Å²) in [4.78, 5) is 13.7. The van der Waals surface area contributed by atoms with Gasteiger partial charge < -0.3 is 4.98 Å². The number of fused-ring (bicyclic) bond motifs is 1. The number of pyridine rings is 1. The summed E-state index contributed by atoms with van der Waals surface area (Å²) in [6, 6.07) is 1.97. The molecule has 96 valence electrons. The quantitative estimate of drug-likeness (QED) is 0.734. The molecule has 0 amide bonds. The zero-order valence-corrected chi connectivity index (χ0v) is 9.71. The Balaban J connectivity index is 2.98. The summed E-state index contributed by atoms with van der Waals surface area (Å²) >= 11 is 5.56. The molecule has 0 bridgehead atoms. The van der Waals surface area contributed by atoms with Crippen molar-refractivity contribution in [3.8, 4) is 0 Å². The molecule has 0 aliphatic carbocycles. The molecule has 0 saturated heterocycles. The largest absolute Gasteiger partial charge is 0.431 e. The van der Waals surface area contributed by atoms with Crippen LogP contribution in [0.1, 0.15) is 11.3 Å². The predicted octanol–water partition coefficient (Wildman–Crippen LogP) is 3.65. The van der Waals surface area contributed by atoms with Crippen LogP contribution in [0.5, 0.6) is 0 Å². The second kappa shape index (κ2) is 3.98. The van der Waals surface area contributed by atoms with Crippen molar-refractivity contribution in [2.24, 2.45) is 0 Å². The van der Waals surface area contributed by atoms with Crippen LogP contribution in [0.25, 0.3) is 10.9 Å². The summed E-state index contributed by atoms with van der Waals surface area (Å²) in [7, 11) is 0. The third-order valence-corrected chi connectivity index (χ3v) is 2.77. The molecule has 2 aromatic rings. The fraction of sp³-hybridized carbons (Fsp3) is 0.182. The van der Waals surface area contributed by atoms with Gasteiger partial charge in [0.1, 0.15) is 11.5 Å². The highest BCUT2D eigenvalue weighted by molar-refractivity contribution is 6.31. The van der Waals surface area contributed by atoms with Gasteiger partial charge in [-0.25, -0.2) is 4.39 Å². The molecule has 1 aromatic heterocycles. The number of H-pyrrole nitrogens is 1. The summed E-state index contributed by atoms with van der Waals surface area (Å²) in [6.45, 7) is 1.03. The number of halogens is 5. The first-order valence-electron chi connectivity index (χ1n) is 4.80. The fourth-order valence-corrected chi connectivity index (χ4v) is 1.90. The molecule has 0 spiro atoms. The number of rotatable bonds is 0. The minimum Gasteiger partial charge on any atom is -0.348 e. The highest BCUT2D eigenvalue weighted by Gasteiger charge is 2.35. The molecule has 0 atom stereocenters. The van der Waals surface area contributed by atoms with Gasteiger partial charge in [-0.1, -0.05) is 11.6 Å². The van der Waals surface area contributed by atoms with Crippen LogP contribution in [0, 0.1) is 12.7 Å². The van der Waals surface area contributed by atoms with E-state index in [0.29, 0.717) is 0 Å². The van der Waals surface area contributed by atoms with E-state index in [-0.39, 0.29) is 10.4 Å². The number of aromatic amines is 1. The smallest absolute Gasteiger partial charge is 0.348 e. The van der Waals surface area contributed by atoms with Crippen LogP contribution in [0.2, 0.25) is 5.02 Å². The molecule has 1 aromatic carbocycles. The van der Waals surface area contributed by atoms with Crippen LogP contribution < -0.4 is 5.43 Å². The Kier molecular flexibility index (Phi) is 2.85. The van der Waals surface area contributed by atoms with E-state index in [1.807, 2.05) is 4.98 Å². The molecular formula is C11H6ClF4NO. The lowest BCUT2D eigenvalue weighted by atomic mass is 10.1. The van der Waals surface area contributed by atoms with Gasteiger partial charge in [0.15, 0.2) is 5.43 Å². The van der Waals surface area contributed by atoms with Gasteiger partial charge in [-0.2, -0.15) is 13.2 Å². The Morgan fingerprint density at radius 3 is 2.44 bits per heavy atom. The third-order valence-electron chi connectivity index (χ3n) is 2.55. The van der Waals surface area contributed by atoms with Crippen molar-refractivity contribution in [2.75, 3.05) is 0 Å². The first-order valence-corrected chi connectivity index (χ1v) is 5.18. The number of hydrogen-bond acceptors (Lipinski definition) is 1. The molecule has 2 nitrogen and oxygen atoms in total. The summed E-state index contributed by atoms with van der Waals surface area (Å²) in [5.41, 5.74) is -3.15. The Morgan fingerprint density at radius 2 is 1.89 bits per heavy atom. The maximum Gasteiger partial charge on any atom is 0.431 e. The van der Waals surface area contributed by atoms with Gasteiger partial charge in [-0.15, -0.1) is 0 Å². The van der Waals surface area contributed by atoms with E-state index in [2.05, 4.69) is 0 Å². The fourth-order valence-electron chi connectivity index (χ4n) is 1.70. The van der Waals surface area contributed by atoms with Crippen molar-refractivity contribution in [3.05, 3.63) is 44.5 Å². The van der Waals surface area contributed by atoms with Crippen molar-refractivity contribution < 1.29 is 17.6 Å². The molecule has 1 N–H and O–H groups in total. The topological polar surface area (TPSA) is 32.9 Å². The standard InChI is InChI=1S/C11H6ClF4NO/c1-4-9(18)6-2-5(12)3-7(13)8(6)17-10(4)11(14,15)16/h2-3H,1H3,(H,17,18). The second-order valence-electron chi connectivity index (χ2n) is 3.76. The monoisotopic (exact) mass is 279 g/mol. The summed E-state index contributed by atoms with van der Waals surface area (Å²) in [5.74, 6) is -1.000. The number of hydrogen-bond donors (Lipinski definition) is 1. The molecule has 0 aliphatic rings. The normalized spacial score (nSPS) is 12.1. The van der Waals surface area contributed by atoms with Crippen LogP contribution in [-0.4, -0.2) is 4.98 Å². The van der Waals surface area contributed by atoms with Crippen LogP contribution in [0.3, 0.4) is 0 Å². The molecular weight excluding hydrogens is 274 g/mol. The first-order chi connectivity index (χ1) is 8.21. The highest BCUT2D eigenvalue weighted by atomic mass is 35.5. The van der Waals surface area contributed by atoms with Crippen molar-refractivity contribution in [2.45, 2.75) is 13.1 Å². The average Bonchev–Trinajstić information content (AvgIpc) is 2.22. The van der Waals surface area contributed by atoms with Gasteiger partial charge in [0.2, 0.25) is 0 Å². The number of nitrogens with one attached hydrogen (secondary N) is 1. The number of benzene rings is 1. The van der Waals surface area contributed by atoms with Crippen LogP contribution >= 0.6 is 11.6 Å². The molecule has 7 heteroatoms. The second-order valence-corrected chi connectivity index (χ2v) is 4.20. The minimum absolute atomic E-state index is 0.0512. The van der Waals surface area contributed by atoms with Gasteiger partial charge in [0.05, 0.1) is 10.9 Å². The average molecular weight is 280 g/mol. The SMILES string of the molecule is Cc1c(C(F)(F)F)[nH]c2c(F)cc(Cl)cc2c1=O. The number of aromatic nitrogens is 1. The van der Waals surface area contributed by atoms with E-state index >= 15 is 0 Å². The molecule has 0 aliphatic heterocycles. The molecule has 0 unspecified atom stereocenters. The van der Waals surface area contributed by atoms with E-state index < -0.39 is 34.2 Å². The van der Waals surface area contributed by atoms with Gasteiger partial charge in [0, 0.05) is 10.6 Å². The van der Waals surface area contributed by atoms with E-state index in [9.17, 15) is 22.4 Å². The van der Waals surface area contributed by atoms with Crippen LogP contribution in [-0.2, 0) is 6.18 Å². The summed E-state index contributed by atoms with van der Waals surface area (Å²) < 4.78 is 51.5. The molecule has 18 heavy (non-hydrogen) atoms. The third kappa shape index (κ3) is 1.96. The Hall–Kier alpha value is -1.56. The van der Waals surface area contributed by atoms with Crippen molar-refractivity contribution >= 4 is 22.5 Å². The maximum atomic E-state index is 13.5. The first kappa shape index (κ1) is 12.9. The minimum atomic E-state index is -4.75. The van der Waals surface area contributed by atoms with Crippen LogP contribution in [0.15, 0.2) is 16.9 Å². The Labute approximate surface area is 103 Å². The molecule has 0 saturated carbocycles. The Bertz CT molecular complexity index is 690. The predicted molar refractivity (Wildman–Crippen MR) is 59.3 cm³/mol. The van der Waals surface area contributed by atoms with E-state index in [1.165, 1.54) is 0 Å². The zero-order chi connectivity index (χ0) is 13.7. The van der Waals surface area contributed by atoms with Gasteiger partial charge >= 0.3 is 6.18 Å². The lowest BCUT2D eigenvalue weighted by Crippen LogP contribution is -2.19. The van der Waals surface area contributed by atoms with Gasteiger partial charge in [0.25, 0.3) is 0 Å². The van der Waals surface area contributed by atoms with Gasteiger partial charge in [-0.05, 0) is 19.1 Å². The summed E-state index contributed by atoms with van der Waals surface area (Å²) in [5, 5.41) is -0.254. The molecule has 0 radical (unpaired) electrons. The maximum absolute atomic E-state index is 13.5. The Morgan fingerprint density at radius 1 is 1.28 bits per heavy atom. The van der Waals surface area contributed by atoms with Crippen LogP contribution in [0.4, 0.5) is 17.6 Å². The lowest BCUT2D eigenvalue weighted by Gasteiger charge is -2.11. The molecule has 2 rings (SSSR count). The summed E-state index contributed by atoms with van der Waals surface area (Å²) in [6.07, 6.45) is -4.75. The molecule has 1 heterocycles. The van der Waals surface area contributed by atoms with Gasteiger partial charge in [-0.3, -0.25) is 4.79 Å².